The molecule has 2 N–H and O–H groups in total. The highest BCUT2D eigenvalue weighted by atomic mass is 16.2. The van der Waals surface area contributed by atoms with Gasteiger partial charge in [0.1, 0.15) is 0 Å². The van der Waals surface area contributed by atoms with E-state index in [9.17, 15) is 9.59 Å². The molecule has 0 spiro atoms. The first-order chi connectivity index (χ1) is 14.7. The Labute approximate surface area is 174 Å². The van der Waals surface area contributed by atoms with Crippen molar-refractivity contribution in [2.24, 2.45) is 5.92 Å². The topological polar surface area (TPSA) is 103 Å². The molecule has 0 aliphatic carbocycles. The van der Waals surface area contributed by atoms with E-state index in [1.807, 2.05) is 17.4 Å². The summed E-state index contributed by atoms with van der Waals surface area (Å²) in [6, 6.07) is 1.77. The van der Waals surface area contributed by atoms with Gasteiger partial charge in [0.25, 0.3) is 11.8 Å². The number of nitrogens with zero attached hydrogens (tertiary/aromatic N) is 5. The van der Waals surface area contributed by atoms with Crippen LogP contribution in [0.15, 0.2) is 37.2 Å². The SMILES string of the molecule is O=C(c1cc[nH]c1)N1CCc2c(C(=O)N3CCCC(Cn4ccnc4)C3)n[nH]c2C1. The van der Waals surface area contributed by atoms with E-state index in [0.717, 1.165) is 43.7 Å². The summed E-state index contributed by atoms with van der Waals surface area (Å²) in [4.78, 5) is 36.6. The summed E-state index contributed by atoms with van der Waals surface area (Å²) >= 11 is 0. The van der Waals surface area contributed by atoms with Gasteiger partial charge in [-0.2, -0.15) is 5.10 Å². The van der Waals surface area contributed by atoms with Crippen LogP contribution < -0.4 is 0 Å². The number of rotatable bonds is 4. The minimum absolute atomic E-state index is 0.00626. The molecule has 2 amide bonds. The Hall–Kier alpha value is -3.36. The number of H-pyrrole nitrogens is 2. The molecule has 1 saturated heterocycles. The molecular weight excluding hydrogens is 382 g/mol. The van der Waals surface area contributed by atoms with Crippen LogP contribution in [0.2, 0.25) is 0 Å². The van der Waals surface area contributed by atoms with Crippen molar-refractivity contribution in [2.75, 3.05) is 19.6 Å². The molecule has 0 saturated carbocycles. The third-order valence-electron chi connectivity index (χ3n) is 6.10. The van der Waals surface area contributed by atoms with Crippen molar-refractivity contribution in [1.82, 2.24) is 34.5 Å². The maximum absolute atomic E-state index is 13.2. The lowest BCUT2D eigenvalue weighted by molar-refractivity contribution is 0.0654. The molecule has 5 heterocycles. The van der Waals surface area contributed by atoms with Gasteiger partial charge in [0, 0.05) is 56.5 Å². The lowest BCUT2D eigenvalue weighted by atomic mass is 9.96. The molecule has 9 nitrogen and oxygen atoms in total. The van der Waals surface area contributed by atoms with Gasteiger partial charge in [0.15, 0.2) is 5.69 Å². The van der Waals surface area contributed by atoms with E-state index in [-0.39, 0.29) is 11.8 Å². The Bertz CT molecular complexity index is 1020. The maximum Gasteiger partial charge on any atom is 0.274 e. The van der Waals surface area contributed by atoms with Crippen LogP contribution in [0.4, 0.5) is 0 Å². The van der Waals surface area contributed by atoms with Crippen molar-refractivity contribution in [2.45, 2.75) is 32.4 Å². The molecule has 0 bridgehead atoms. The van der Waals surface area contributed by atoms with Crippen LogP contribution in [-0.2, 0) is 19.5 Å². The molecule has 2 aliphatic heterocycles. The number of hydrogen-bond donors (Lipinski definition) is 2. The van der Waals surface area contributed by atoms with E-state index in [2.05, 4.69) is 24.7 Å². The van der Waals surface area contributed by atoms with E-state index < -0.39 is 0 Å². The Kier molecular flexibility index (Phi) is 4.86. The highest BCUT2D eigenvalue weighted by molar-refractivity contribution is 5.95. The van der Waals surface area contributed by atoms with Gasteiger partial charge in [-0.05, 0) is 31.2 Å². The zero-order chi connectivity index (χ0) is 20.5. The van der Waals surface area contributed by atoms with E-state index in [1.165, 1.54) is 0 Å². The van der Waals surface area contributed by atoms with Crippen LogP contribution in [0.5, 0.6) is 0 Å². The number of piperidine rings is 1. The smallest absolute Gasteiger partial charge is 0.274 e. The minimum atomic E-state index is -0.0113. The molecule has 3 aromatic heterocycles. The lowest BCUT2D eigenvalue weighted by Gasteiger charge is -2.33. The van der Waals surface area contributed by atoms with Crippen molar-refractivity contribution in [1.29, 1.82) is 0 Å². The summed E-state index contributed by atoms with van der Waals surface area (Å²) in [5.74, 6) is 0.400. The van der Waals surface area contributed by atoms with Gasteiger partial charge in [-0.15, -0.1) is 0 Å². The number of nitrogens with one attached hydrogen (secondary N) is 2. The quantitative estimate of drug-likeness (QED) is 0.687. The number of carbonyl (C=O) groups excluding carboxylic acids is 2. The number of likely N-dealkylation sites (tertiary alicyclic amines) is 1. The number of aromatic amines is 2. The molecule has 156 valence electrons. The molecule has 9 heteroatoms. The normalized spacial score (nSPS) is 19.0. The van der Waals surface area contributed by atoms with E-state index >= 15 is 0 Å². The summed E-state index contributed by atoms with van der Waals surface area (Å²) in [7, 11) is 0. The van der Waals surface area contributed by atoms with Crippen molar-refractivity contribution in [3.8, 4) is 0 Å². The van der Waals surface area contributed by atoms with Crippen LogP contribution in [0.1, 0.15) is 44.9 Å². The van der Waals surface area contributed by atoms with E-state index in [1.54, 1.807) is 29.6 Å². The molecule has 5 rings (SSSR count). The average molecular weight is 407 g/mol. The fraction of sp³-hybridized carbons (Fsp3) is 0.429. The molecule has 3 aromatic rings. The second kappa shape index (κ2) is 7.81. The Balaban J connectivity index is 1.27. The van der Waals surface area contributed by atoms with Crippen LogP contribution in [0.25, 0.3) is 0 Å². The van der Waals surface area contributed by atoms with Crippen molar-refractivity contribution in [3.63, 3.8) is 0 Å². The predicted octanol–water partition coefficient (Wildman–Crippen LogP) is 1.69. The third-order valence-corrected chi connectivity index (χ3v) is 6.10. The number of carbonyl (C=O) groups is 2. The third kappa shape index (κ3) is 3.51. The molecule has 30 heavy (non-hydrogen) atoms. The fourth-order valence-electron chi connectivity index (χ4n) is 4.55. The molecule has 0 aromatic carbocycles. The van der Waals surface area contributed by atoms with Gasteiger partial charge in [0.05, 0.1) is 24.1 Å². The molecule has 0 radical (unpaired) electrons. The van der Waals surface area contributed by atoms with Crippen LogP contribution >= 0.6 is 0 Å². The standard InChI is InChI=1S/C21H25N7O2/c29-20(16-3-5-22-10-16)28-8-4-17-18(13-28)24-25-19(17)21(30)27-7-1-2-15(12-27)11-26-9-6-23-14-26/h3,5-6,9-10,14-15,22H,1-2,4,7-8,11-13H2,(H,24,25). The predicted molar refractivity (Wildman–Crippen MR) is 109 cm³/mol. The number of hydrogen-bond acceptors (Lipinski definition) is 4. The Morgan fingerprint density at radius 1 is 1.20 bits per heavy atom. The number of fused-ring (bicyclic) bond motifs is 1. The Morgan fingerprint density at radius 2 is 2.13 bits per heavy atom. The highest BCUT2D eigenvalue weighted by Gasteiger charge is 2.32. The molecule has 1 fully saturated rings. The first-order valence-corrected chi connectivity index (χ1v) is 10.4. The summed E-state index contributed by atoms with van der Waals surface area (Å²) in [6.07, 6.45) is 11.8. The van der Waals surface area contributed by atoms with Gasteiger partial charge in [-0.1, -0.05) is 0 Å². The number of imidazole rings is 1. The first-order valence-electron chi connectivity index (χ1n) is 10.4. The maximum atomic E-state index is 13.2. The second-order valence-corrected chi connectivity index (χ2v) is 8.12. The van der Waals surface area contributed by atoms with Crippen molar-refractivity contribution in [3.05, 3.63) is 59.7 Å². The van der Waals surface area contributed by atoms with E-state index in [0.29, 0.717) is 36.7 Å². The van der Waals surface area contributed by atoms with Crippen LogP contribution in [0.3, 0.4) is 0 Å². The molecule has 2 aliphatic rings. The van der Waals surface area contributed by atoms with Gasteiger partial charge in [-0.25, -0.2) is 4.98 Å². The van der Waals surface area contributed by atoms with Gasteiger partial charge in [0.2, 0.25) is 0 Å². The van der Waals surface area contributed by atoms with Gasteiger partial charge >= 0.3 is 0 Å². The number of aromatic nitrogens is 5. The summed E-state index contributed by atoms with van der Waals surface area (Å²) in [5.41, 5.74) is 2.98. The summed E-state index contributed by atoms with van der Waals surface area (Å²) < 4.78 is 2.07. The van der Waals surface area contributed by atoms with E-state index in [4.69, 9.17) is 0 Å². The highest BCUT2D eigenvalue weighted by Crippen LogP contribution is 2.25. The second-order valence-electron chi connectivity index (χ2n) is 8.12. The molecule has 1 atom stereocenters. The Morgan fingerprint density at radius 3 is 2.93 bits per heavy atom. The lowest BCUT2D eigenvalue weighted by Crippen LogP contribution is -2.42. The monoisotopic (exact) mass is 407 g/mol. The zero-order valence-corrected chi connectivity index (χ0v) is 16.8. The van der Waals surface area contributed by atoms with Gasteiger partial charge in [-0.3, -0.25) is 14.7 Å². The largest absolute Gasteiger partial charge is 0.367 e. The number of amides is 2. The summed E-state index contributed by atoms with van der Waals surface area (Å²) in [5, 5.41) is 7.37. The van der Waals surface area contributed by atoms with Crippen LogP contribution in [-0.4, -0.2) is 66.0 Å². The molecular formula is C21H25N7O2. The average Bonchev–Trinajstić information content (AvgIpc) is 3.54. The van der Waals surface area contributed by atoms with Crippen molar-refractivity contribution < 1.29 is 9.59 Å². The zero-order valence-electron chi connectivity index (χ0n) is 16.8. The first kappa shape index (κ1) is 18.7. The van der Waals surface area contributed by atoms with Crippen molar-refractivity contribution >= 4 is 11.8 Å². The van der Waals surface area contributed by atoms with Crippen LogP contribution in [0, 0.1) is 5.92 Å². The minimum Gasteiger partial charge on any atom is -0.367 e. The molecule has 1 unspecified atom stereocenters. The van der Waals surface area contributed by atoms with Gasteiger partial charge < -0.3 is 19.4 Å². The summed E-state index contributed by atoms with van der Waals surface area (Å²) in [6.45, 7) is 3.40. The fourth-order valence-corrected chi connectivity index (χ4v) is 4.55.